The third kappa shape index (κ3) is 8.38. The smallest absolute Gasteiger partial charge is 0.264 e. The molecule has 0 amide bonds. The van der Waals surface area contributed by atoms with E-state index in [0.29, 0.717) is 0 Å². The second-order valence-corrected chi connectivity index (χ2v) is 31.6. The molecule has 1 aromatic heterocycles. The maximum atomic E-state index is 2.81. The standard InChI is InChI=1S/C78H84BN3S/c1-72(2,3)50-31-36-63(55(43-50)49-25-19-16-20-26-49)82-65-46-54(80(51-27-21-17-22-28-51)52-29-23-18-24-30-52)45-64-68(65)79(71-69(82)56-47-60-61(48-66(56)83-71)77(12,13)40-39-76(60,10)11)62-35-34-58-67(78(14,15)42-41-74(58,6)7)70(62)81(64)53-32-33-57-59(44-53)75(8,9)38-37-73(57,4)5/h16-36,43-48H,37-42H2,1-15H3. The minimum absolute atomic E-state index is 0.00397. The van der Waals surface area contributed by atoms with Crippen LogP contribution in [0.25, 0.3) is 21.2 Å². The first-order valence-electron chi connectivity index (χ1n) is 31.1. The molecule has 3 heterocycles. The summed E-state index contributed by atoms with van der Waals surface area (Å²) in [6.45, 7) is 37.1. The van der Waals surface area contributed by atoms with Gasteiger partial charge in [-0.2, -0.15) is 0 Å². The highest BCUT2D eigenvalue weighted by atomic mass is 32.1. The zero-order chi connectivity index (χ0) is 58.1. The molecule has 0 unspecified atom stereocenters. The van der Waals surface area contributed by atoms with Crippen molar-refractivity contribution in [2.75, 3.05) is 14.7 Å². The van der Waals surface area contributed by atoms with Crippen LogP contribution in [0.3, 0.4) is 0 Å². The van der Waals surface area contributed by atoms with Gasteiger partial charge in [-0.1, -0.05) is 195 Å². The van der Waals surface area contributed by atoms with Crippen LogP contribution in [-0.2, 0) is 37.9 Å². The molecule has 0 bridgehead atoms. The molecule has 0 atom stereocenters. The molecular formula is C78H84BN3S. The van der Waals surface area contributed by atoms with Gasteiger partial charge in [0.1, 0.15) is 0 Å². The Bertz CT molecular complexity index is 4050. The van der Waals surface area contributed by atoms with Gasteiger partial charge in [-0.3, -0.25) is 0 Å². The van der Waals surface area contributed by atoms with E-state index in [1.807, 2.05) is 0 Å². The van der Waals surface area contributed by atoms with Gasteiger partial charge in [0.15, 0.2) is 0 Å². The van der Waals surface area contributed by atoms with Crippen molar-refractivity contribution in [1.29, 1.82) is 0 Å². The highest BCUT2D eigenvalue weighted by molar-refractivity contribution is 7.33. The van der Waals surface area contributed by atoms with Gasteiger partial charge in [0.05, 0.1) is 17.1 Å². The zero-order valence-electron chi connectivity index (χ0n) is 52.2. The van der Waals surface area contributed by atoms with E-state index < -0.39 is 0 Å². The van der Waals surface area contributed by atoms with Gasteiger partial charge in [-0.25, -0.2) is 0 Å². The Balaban J connectivity index is 1.19. The van der Waals surface area contributed by atoms with Crippen LogP contribution in [0, 0.1) is 0 Å². The molecule has 0 spiro atoms. The number of anilines is 9. The Labute approximate surface area is 500 Å². The lowest BCUT2D eigenvalue weighted by Crippen LogP contribution is -2.61. The van der Waals surface area contributed by atoms with E-state index in [1.165, 1.54) is 123 Å². The molecular weight excluding hydrogens is 1020 g/mol. The average molecular weight is 1110 g/mol. The summed E-state index contributed by atoms with van der Waals surface area (Å²) in [7, 11) is 0. The summed E-state index contributed by atoms with van der Waals surface area (Å²) in [6, 6.07) is 64.3. The van der Waals surface area contributed by atoms with E-state index >= 15 is 0 Å². The molecule has 2 aliphatic heterocycles. The van der Waals surface area contributed by atoms with Gasteiger partial charge < -0.3 is 14.7 Å². The van der Waals surface area contributed by atoms with E-state index in [4.69, 9.17) is 0 Å². The molecule has 0 saturated heterocycles. The fourth-order valence-corrected chi connectivity index (χ4v) is 17.1. The van der Waals surface area contributed by atoms with Crippen LogP contribution in [0.4, 0.5) is 51.2 Å². The van der Waals surface area contributed by atoms with Crippen molar-refractivity contribution in [2.24, 2.45) is 0 Å². The third-order valence-electron chi connectivity index (χ3n) is 21.1. The maximum absolute atomic E-state index is 2.81. The Hall–Kier alpha value is -6.82. The summed E-state index contributed by atoms with van der Waals surface area (Å²) in [5.41, 5.74) is 26.6. The molecule has 9 aromatic rings. The Kier molecular flexibility index (Phi) is 12.0. The molecule has 5 aliphatic rings. The van der Waals surface area contributed by atoms with Crippen LogP contribution in [-0.4, -0.2) is 6.71 Å². The molecule has 14 rings (SSSR count). The highest BCUT2D eigenvalue weighted by Gasteiger charge is 2.51. The van der Waals surface area contributed by atoms with Crippen molar-refractivity contribution in [3.63, 3.8) is 0 Å². The predicted octanol–water partition coefficient (Wildman–Crippen LogP) is 20.5. The number of rotatable bonds is 6. The number of para-hydroxylation sites is 2. The molecule has 8 aromatic carbocycles. The van der Waals surface area contributed by atoms with E-state index in [1.54, 1.807) is 0 Å². The molecule has 83 heavy (non-hydrogen) atoms. The van der Waals surface area contributed by atoms with Crippen molar-refractivity contribution in [2.45, 2.75) is 180 Å². The zero-order valence-corrected chi connectivity index (χ0v) is 53.0. The number of fused-ring (bicyclic) bond motifs is 10. The summed E-state index contributed by atoms with van der Waals surface area (Å²) < 4.78 is 2.81. The lowest BCUT2D eigenvalue weighted by molar-refractivity contribution is 0.331. The number of benzene rings is 8. The minimum Gasteiger partial charge on any atom is -0.311 e. The number of nitrogens with zero attached hydrogens (tertiary/aromatic N) is 3. The van der Waals surface area contributed by atoms with Crippen molar-refractivity contribution >= 4 is 95.0 Å². The summed E-state index contributed by atoms with van der Waals surface area (Å²) in [5.74, 6) is 0. The molecule has 3 aliphatic carbocycles. The number of hydrogen-bond acceptors (Lipinski definition) is 4. The van der Waals surface area contributed by atoms with Gasteiger partial charge in [-0.15, -0.1) is 11.3 Å². The quantitative estimate of drug-likeness (QED) is 0.154. The van der Waals surface area contributed by atoms with Crippen LogP contribution in [0.1, 0.15) is 181 Å². The fourth-order valence-electron chi connectivity index (χ4n) is 15.8. The minimum atomic E-state index is -0.0960. The first-order chi connectivity index (χ1) is 39.3. The Morgan fingerprint density at radius 2 is 0.940 bits per heavy atom. The van der Waals surface area contributed by atoms with E-state index in [-0.39, 0.29) is 44.6 Å². The fraction of sp³-hybridized carbons (Fsp3) is 0.359. The maximum Gasteiger partial charge on any atom is 0.264 e. The lowest BCUT2D eigenvalue weighted by atomic mass is 9.35. The Morgan fingerprint density at radius 1 is 0.434 bits per heavy atom. The van der Waals surface area contributed by atoms with Crippen LogP contribution in [0.15, 0.2) is 164 Å². The van der Waals surface area contributed by atoms with Gasteiger partial charge >= 0.3 is 0 Å². The van der Waals surface area contributed by atoms with Crippen molar-refractivity contribution < 1.29 is 0 Å². The normalized spacial score (nSPS) is 19.0. The predicted molar refractivity (Wildman–Crippen MR) is 361 cm³/mol. The monoisotopic (exact) mass is 1110 g/mol. The number of hydrogen-bond donors (Lipinski definition) is 0. The van der Waals surface area contributed by atoms with E-state index in [0.717, 1.165) is 42.7 Å². The second-order valence-electron chi connectivity index (χ2n) is 30.5. The van der Waals surface area contributed by atoms with Crippen LogP contribution >= 0.6 is 11.3 Å². The first-order valence-corrected chi connectivity index (χ1v) is 31.9. The molecule has 3 nitrogen and oxygen atoms in total. The molecule has 5 heteroatoms. The van der Waals surface area contributed by atoms with Gasteiger partial charge in [0.2, 0.25) is 0 Å². The van der Waals surface area contributed by atoms with E-state index in [2.05, 4.69) is 294 Å². The molecule has 0 fully saturated rings. The van der Waals surface area contributed by atoms with Gasteiger partial charge in [0, 0.05) is 54.6 Å². The average Bonchev–Trinajstić information content (AvgIpc) is 1.87. The topological polar surface area (TPSA) is 9.72 Å². The first kappa shape index (κ1) is 54.1. The van der Waals surface area contributed by atoms with Crippen molar-refractivity contribution in [3.05, 3.63) is 203 Å². The third-order valence-corrected chi connectivity index (χ3v) is 22.3. The van der Waals surface area contributed by atoms with Crippen LogP contribution < -0.4 is 30.4 Å². The summed E-state index contributed by atoms with van der Waals surface area (Å²) in [5, 5.41) is 1.36. The molecule has 420 valence electrons. The molecule has 0 radical (unpaired) electrons. The van der Waals surface area contributed by atoms with Crippen molar-refractivity contribution in [3.8, 4) is 11.1 Å². The van der Waals surface area contributed by atoms with Crippen LogP contribution in [0.2, 0.25) is 0 Å². The summed E-state index contributed by atoms with van der Waals surface area (Å²) in [4.78, 5) is 8.10. The van der Waals surface area contributed by atoms with E-state index in [9.17, 15) is 0 Å². The SMILES string of the molecule is CC(C)(C)c1ccc(N2c3cc(N(c4ccccc4)c4ccccc4)cc4c3B(c3ccc5c(c3N4c3ccc4c(c3)C(C)(C)CCC4(C)C)C(C)(C)CCC5(C)C)c3sc4cc5c(cc4c32)C(C)(C)CCC5(C)C)c(-c2ccccc2)c1. The largest absolute Gasteiger partial charge is 0.311 e. The highest BCUT2D eigenvalue weighted by Crippen LogP contribution is 2.59. The summed E-state index contributed by atoms with van der Waals surface area (Å²) in [6.07, 6.45) is 6.93. The molecule has 0 saturated carbocycles. The molecule has 0 N–H and O–H groups in total. The van der Waals surface area contributed by atoms with Gasteiger partial charge in [-0.05, 0) is 205 Å². The Morgan fingerprint density at radius 3 is 1.53 bits per heavy atom. The number of thiophene rings is 1. The summed E-state index contributed by atoms with van der Waals surface area (Å²) >= 11 is 2.07. The van der Waals surface area contributed by atoms with Crippen LogP contribution in [0.5, 0.6) is 0 Å². The van der Waals surface area contributed by atoms with Crippen molar-refractivity contribution in [1.82, 2.24) is 0 Å². The lowest BCUT2D eigenvalue weighted by Gasteiger charge is -2.50. The second kappa shape index (κ2) is 18.3. The van der Waals surface area contributed by atoms with Gasteiger partial charge in [0.25, 0.3) is 6.71 Å².